The van der Waals surface area contributed by atoms with Crippen LogP contribution < -0.4 is 5.32 Å². The standard InChI is InChI=1S/C22H29N3O4/c1-3-11-25(12-4-2)21(27)17(14-20(26)24-15-16-5-6-16)7-8-19-13-18(22(28)29)9-10-23-19/h3-4,9-10,13,16-17H,1-2,5-8,11-12,14-15H2,(H,24,26)(H,28,29)/t17-/m1/s1. The minimum Gasteiger partial charge on any atom is -0.478 e. The van der Waals surface area contributed by atoms with Crippen LogP contribution in [0, 0.1) is 11.8 Å². The number of pyridine rings is 1. The molecule has 0 unspecified atom stereocenters. The predicted octanol–water partition coefficient (Wildman–Crippen LogP) is 2.45. The third-order valence-corrected chi connectivity index (χ3v) is 4.89. The van der Waals surface area contributed by atoms with Crippen LogP contribution in [0.1, 0.15) is 41.7 Å². The predicted molar refractivity (Wildman–Crippen MR) is 110 cm³/mol. The summed E-state index contributed by atoms with van der Waals surface area (Å²) in [6.45, 7) is 8.78. The van der Waals surface area contributed by atoms with Crippen molar-refractivity contribution in [2.24, 2.45) is 11.8 Å². The molecule has 0 aliphatic heterocycles. The Balaban J connectivity index is 2.07. The molecule has 0 bridgehead atoms. The lowest BCUT2D eigenvalue weighted by Crippen LogP contribution is -2.39. The summed E-state index contributed by atoms with van der Waals surface area (Å²) in [5, 5.41) is 12.0. The Morgan fingerprint density at radius 3 is 2.55 bits per heavy atom. The zero-order valence-electron chi connectivity index (χ0n) is 16.7. The number of carboxylic acids is 1. The van der Waals surface area contributed by atoms with Crippen molar-refractivity contribution in [3.8, 4) is 0 Å². The first kappa shape index (κ1) is 22.3. The van der Waals surface area contributed by atoms with Crippen LogP contribution >= 0.6 is 0 Å². The first-order valence-corrected chi connectivity index (χ1v) is 9.90. The first-order chi connectivity index (χ1) is 13.9. The largest absolute Gasteiger partial charge is 0.478 e. The summed E-state index contributed by atoms with van der Waals surface area (Å²) >= 11 is 0. The van der Waals surface area contributed by atoms with E-state index in [0.29, 0.717) is 44.1 Å². The molecule has 2 amide bonds. The average Bonchev–Trinajstić information content (AvgIpc) is 3.53. The highest BCUT2D eigenvalue weighted by molar-refractivity contribution is 5.87. The zero-order valence-corrected chi connectivity index (χ0v) is 16.7. The molecule has 7 heteroatoms. The minimum atomic E-state index is -1.02. The fourth-order valence-electron chi connectivity index (χ4n) is 3.08. The number of hydrogen-bond donors (Lipinski definition) is 2. The number of aromatic carboxylic acids is 1. The minimum absolute atomic E-state index is 0.0922. The molecule has 1 aromatic rings. The second-order valence-corrected chi connectivity index (χ2v) is 7.35. The highest BCUT2D eigenvalue weighted by Crippen LogP contribution is 2.27. The molecule has 1 aliphatic rings. The van der Waals surface area contributed by atoms with Gasteiger partial charge in [0.1, 0.15) is 0 Å². The van der Waals surface area contributed by atoms with Gasteiger partial charge in [-0.15, -0.1) is 13.2 Å². The summed E-state index contributed by atoms with van der Waals surface area (Å²) < 4.78 is 0. The molecular formula is C22H29N3O4. The number of carboxylic acid groups (broad SMARTS) is 1. The molecule has 0 radical (unpaired) electrons. The van der Waals surface area contributed by atoms with E-state index in [1.165, 1.54) is 18.3 Å². The van der Waals surface area contributed by atoms with E-state index in [9.17, 15) is 14.4 Å². The molecule has 0 aromatic carbocycles. The van der Waals surface area contributed by atoms with Gasteiger partial charge in [-0.1, -0.05) is 12.2 Å². The van der Waals surface area contributed by atoms with Crippen molar-refractivity contribution in [2.45, 2.75) is 32.1 Å². The van der Waals surface area contributed by atoms with Gasteiger partial charge in [0, 0.05) is 43.9 Å². The lowest BCUT2D eigenvalue weighted by molar-refractivity contribution is -0.137. The number of rotatable bonds is 13. The molecule has 0 saturated heterocycles. The molecule has 1 fully saturated rings. The summed E-state index contributed by atoms with van der Waals surface area (Å²) in [4.78, 5) is 42.4. The Kier molecular flexibility index (Phi) is 8.58. The monoisotopic (exact) mass is 399 g/mol. The maximum atomic E-state index is 13.0. The number of carbonyl (C=O) groups is 3. The molecule has 2 rings (SSSR count). The number of hydrogen-bond acceptors (Lipinski definition) is 4. The fraction of sp³-hybridized carbons (Fsp3) is 0.455. The summed E-state index contributed by atoms with van der Waals surface area (Å²) in [6, 6.07) is 2.93. The zero-order chi connectivity index (χ0) is 21.2. The number of aryl methyl sites for hydroxylation is 1. The highest BCUT2D eigenvalue weighted by atomic mass is 16.4. The Bertz CT molecular complexity index is 748. The van der Waals surface area contributed by atoms with Gasteiger partial charge < -0.3 is 15.3 Å². The van der Waals surface area contributed by atoms with Crippen LogP contribution in [0.15, 0.2) is 43.6 Å². The normalized spacial score (nSPS) is 13.9. The molecule has 1 aromatic heterocycles. The summed E-state index contributed by atoms with van der Waals surface area (Å²) in [7, 11) is 0. The van der Waals surface area contributed by atoms with Gasteiger partial charge in [0.15, 0.2) is 0 Å². The van der Waals surface area contributed by atoms with E-state index in [1.807, 2.05) is 0 Å². The van der Waals surface area contributed by atoms with Crippen LogP contribution in [-0.4, -0.2) is 52.4 Å². The van der Waals surface area contributed by atoms with Gasteiger partial charge in [-0.05, 0) is 43.7 Å². The van der Waals surface area contributed by atoms with Crippen molar-refractivity contribution in [2.75, 3.05) is 19.6 Å². The van der Waals surface area contributed by atoms with Crippen molar-refractivity contribution in [1.29, 1.82) is 0 Å². The third kappa shape index (κ3) is 7.52. The van der Waals surface area contributed by atoms with Gasteiger partial charge in [0.05, 0.1) is 5.56 Å². The van der Waals surface area contributed by atoms with Crippen LogP contribution in [0.25, 0.3) is 0 Å². The van der Waals surface area contributed by atoms with E-state index in [1.54, 1.807) is 17.1 Å². The molecular weight excluding hydrogens is 370 g/mol. The molecule has 156 valence electrons. The van der Waals surface area contributed by atoms with Gasteiger partial charge in [0.25, 0.3) is 0 Å². The third-order valence-electron chi connectivity index (χ3n) is 4.89. The summed E-state index contributed by atoms with van der Waals surface area (Å²) in [5.41, 5.74) is 0.736. The number of amides is 2. The van der Waals surface area contributed by atoms with E-state index in [0.717, 1.165) is 12.8 Å². The van der Waals surface area contributed by atoms with E-state index < -0.39 is 11.9 Å². The van der Waals surface area contributed by atoms with Crippen LogP contribution in [-0.2, 0) is 16.0 Å². The average molecular weight is 399 g/mol. The number of carbonyl (C=O) groups excluding carboxylic acids is 2. The summed E-state index contributed by atoms with van der Waals surface area (Å²) in [6.07, 6.45) is 7.91. The Hall–Kier alpha value is -2.96. The maximum absolute atomic E-state index is 13.0. The van der Waals surface area contributed by atoms with Gasteiger partial charge in [-0.2, -0.15) is 0 Å². The van der Waals surface area contributed by atoms with E-state index in [-0.39, 0.29) is 23.8 Å². The van der Waals surface area contributed by atoms with Gasteiger partial charge in [-0.25, -0.2) is 4.79 Å². The van der Waals surface area contributed by atoms with Crippen LogP contribution in [0.3, 0.4) is 0 Å². The number of aromatic nitrogens is 1. The summed E-state index contributed by atoms with van der Waals surface area (Å²) in [5.74, 6) is -1.26. The molecule has 0 spiro atoms. The van der Waals surface area contributed by atoms with E-state index in [2.05, 4.69) is 23.5 Å². The topological polar surface area (TPSA) is 99.6 Å². The Labute approximate surface area is 171 Å². The van der Waals surface area contributed by atoms with Gasteiger partial charge in [-0.3, -0.25) is 14.6 Å². The Morgan fingerprint density at radius 2 is 1.97 bits per heavy atom. The van der Waals surface area contributed by atoms with Crippen molar-refractivity contribution in [3.63, 3.8) is 0 Å². The molecule has 1 aliphatic carbocycles. The molecule has 1 atom stereocenters. The van der Waals surface area contributed by atoms with E-state index >= 15 is 0 Å². The lowest BCUT2D eigenvalue weighted by atomic mass is 9.95. The van der Waals surface area contributed by atoms with Crippen molar-refractivity contribution < 1.29 is 19.5 Å². The molecule has 2 N–H and O–H groups in total. The van der Waals surface area contributed by atoms with Gasteiger partial charge in [0.2, 0.25) is 11.8 Å². The highest BCUT2D eigenvalue weighted by Gasteiger charge is 2.27. The van der Waals surface area contributed by atoms with E-state index in [4.69, 9.17) is 5.11 Å². The molecule has 29 heavy (non-hydrogen) atoms. The van der Waals surface area contributed by atoms with Crippen LogP contribution in [0.5, 0.6) is 0 Å². The fourth-order valence-corrected chi connectivity index (χ4v) is 3.08. The number of nitrogens with zero attached hydrogens (tertiary/aromatic N) is 2. The van der Waals surface area contributed by atoms with Gasteiger partial charge >= 0.3 is 5.97 Å². The number of nitrogens with one attached hydrogen (secondary N) is 1. The van der Waals surface area contributed by atoms with Crippen molar-refractivity contribution >= 4 is 17.8 Å². The quantitative estimate of drug-likeness (QED) is 0.496. The molecule has 1 heterocycles. The first-order valence-electron chi connectivity index (χ1n) is 9.90. The Morgan fingerprint density at radius 1 is 1.28 bits per heavy atom. The molecule has 7 nitrogen and oxygen atoms in total. The molecule has 1 saturated carbocycles. The van der Waals surface area contributed by atoms with Crippen molar-refractivity contribution in [3.05, 3.63) is 54.9 Å². The lowest BCUT2D eigenvalue weighted by Gasteiger charge is -2.25. The smallest absolute Gasteiger partial charge is 0.335 e. The SMILES string of the molecule is C=CCN(CC=C)C(=O)[C@H](CCc1cc(C(=O)O)ccn1)CC(=O)NCC1CC1. The second kappa shape index (κ2) is 11.1. The van der Waals surface area contributed by atoms with Crippen LogP contribution in [0.2, 0.25) is 0 Å². The maximum Gasteiger partial charge on any atom is 0.335 e. The van der Waals surface area contributed by atoms with Crippen molar-refractivity contribution in [1.82, 2.24) is 15.2 Å². The van der Waals surface area contributed by atoms with Crippen LogP contribution in [0.4, 0.5) is 0 Å². The second-order valence-electron chi connectivity index (χ2n) is 7.35.